The van der Waals surface area contributed by atoms with E-state index >= 15 is 0 Å². The Labute approximate surface area is 303 Å². The molecule has 3 aromatic heterocycles. The van der Waals surface area contributed by atoms with Gasteiger partial charge in [0.15, 0.2) is 6.29 Å². The van der Waals surface area contributed by atoms with Gasteiger partial charge in [-0.1, -0.05) is 18.5 Å². The van der Waals surface area contributed by atoms with Crippen LogP contribution in [0, 0.1) is 12.7 Å². The van der Waals surface area contributed by atoms with E-state index in [-0.39, 0.29) is 5.82 Å². The molecule has 0 fully saturated rings. The van der Waals surface area contributed by atoms with E-state index in [0.29, 0.717) is 73.7 Å². The molecule has 0 amide bonds. The van der Waals surface area contributed by atoms with Gasteiger partial charge < -0.3 is 18.8 Å². The molecule has 0 atom stereocenters. The number of fused-ring (bicyclic) bond motifs is 3. The number of halogens is 2. The van der Waals surface area contributed by atoms with Crippen LogP contribution in [0.1, 0.15) is 57.0 Å². The molecular formula is C38H37ClFN5O5S. The minimum Gasteiger partial charge on any atom is -0.493 e. The average Bonchev–Trinajstić information content (AvgIpc) is 3.78. The number of ether oxygens (including phenoxy) is 3. The Bertz CT molecular complexity index is 2310. The molecule has 0 saturated carbocycles. The van der Waals surface area contributed by atoms with Gasteiger partial charge in [-0.2, -0.15) is 10.2 Å². The van der Waals surface area contributed by atoms with Crippen molar-refractivity contribution in [2.75, 3.05) is 20.3 Å². The monoisotopic (exact) mass is 729 g/mol. The summed E-state index contributed by atoms with van der Waals surface area (Å²) < 4.78 is 37.5. The van der Waals surface area contributed by atoms with Crippen molar-refractivity contribution in [2.45, 2.75) is 57.0 Å². The van der Waals surface area contributed by atoms with Crippen LogP contribution in [-0.2, 0) is 48.4 Å². The first-order valence-electron chi connectivity index (χ1n) is 16.8. The fourth-order valence-corrected chi connectivity index (χ4v) is 8.19. The van der Waals surface area contributed by atoms with E-state index in [0.717, 1.165) is 66.6 Å². The number of carbonyl (C=O) groups is 2. The second kappa shape index (κ2) is 14.5. The van der Waals surface area contributed by atoms with Gasteiger partial charge in [-0.05, 0) is 79.2 Å². The minimum atomic E-state index is -0.436. The fourth-order valence-electron chi connectivity index (χ4n) is 6.96. The van der Waals surface area contributed by atoms with Crippen molar-refractivity contribution in [2.24, 2.45) is 7.05 Å². The molecule has 3 aromatic carbocycles. The van der Waals surface area contributed by atoms with E-state index in [1.165, 1.54) is 19.2 Å². The molecule has 0 bridgehead atoms. The molecule has 0 N–H and O–H groups in total. The van der Waals surface area contributed by atoms with Gasteiger partial charge in [-0.3, -0.25) is 14.2 Å². The normalized spacial score (nSPS) is 12.8. The number of aryl methyl sites for hydroxylation is 4. The summed E-state index contributed by atoms with van der Waals surface area (Å²) in [6, 6.07) is 14.1. The Morgan fingerprint density at radius 1 is 1.14 bits per heavy atom. The number of esters is 1. The number of methoxy groups -OCH3 is 1. The maximum atomic E-state index is 14.3. The van der Waals surface area contributed by atoms with Crippen molar-refractivity contribution < 1.29 is 28.2 Å². The molecule has 4 heterocycles. The summed E-state index contributed by atoms with van der Waals surface area (Å²) >= 11 is 8.53. The van der Waals surface area contributed by atoms with Gasteiger partial charge in [-0.15, -0.1) is 11.8 Å². The maximum absolute atomic E-state index is 14.3. The lowest BCUT2D eigenvalue weighted by Crippen LogP contribution is -2.17. The first-order chi connectivity index (χ1) is 24.7. The highest BCUT2D eigenvalue weighted by Crippen LogP contribution is 2.43. The Morgan fingerprint density at radius 2 is 1.98 bits per heavy atom. The highest BCUT2D eigenvalue weighted by Gasteiger charge is 2.29. The molecule has 0 aliphatic carbocycles. The molecule has 0 radical (unpaired) electrons. The van der Waals surface area contributed by atoms with E-state index in [1.807, 2.05) is 40.4 Å². The van der Waals surface area contributed by atoms with Gasteiger partial charge >= 0.3 is 5.97 Å². The van der Waals surface area contributed by atoms with Gasteiger partial charge in [0.1, 0.15) is 23.0 Å². The lowest BCUT2D eigenvalue weighted by Gasteiger charge is -2.17. The average molecular weight is 730 g/mol. The van der Waals surface area contributed by atoms with E-state index < -0.39 is 5.97 Å². The second-order valence-corrected chi connectivity index (χ2v) is 13.9. The summed E-state index contributed by atoms with van der Waals surface area (Å²) in [5, 5.41) is 12.1. The van der Waals surface area contributed by atoms with Crippen LogP contribution < -0.4 is 4.74 Å². The number of aromatic nitrogens is 5. The number of nitrogens with zero attached hydrogens (tertiary/aromatic N) is 5. The standard InChI is InChI=1S/C38H37ClFN5O5S/c1-5-30-36(32-20-49-14-12-45(32)42-30)35-29(39)9-10-31-34(35)22(2)37(38(47)48-4)44(31)11-6-13-50-33-18-27(16-23-15-24(40)7-8-28(23)33)51-21-26-17-25(19-46)41-43(26)3/h7-10,15-19H,5-6,11-14,20-21H2,1-4H3. The quantitative estimate of drug-likeness (QED) is 0.0542. The SMILES string of the molecule is CCc1nn2c(c1-c1c(Cl)ccc3c1c(C)c(C(=O)OC)n3CCCOc1cc(SCc3cc(C=O)nn3C)cc3cc(F)ccc13)COCC2. The summed E-state index contributed by atoms with van der Waals surface area (Å²) in [5.41, 5.74) is 7.07. The molecular weight excluding hydrogens is 693 g/mol. The largest absolute Gasteiger partial charge is 0.493 e. The van der Waals surface area contributed by atoms with E-state index in [9.17, 15) is 14.0 Å². The lowest BCUT2D eigenvalue weighted by atomic mass is 9.95. The summed E-state index contributed by atoms with van der Waals surface area (Å²) in [7, 11) is 3.18. The first kappa shape index (κ1) is 34.8. The Balaban J connectivity index is 1.19. The molecule has 1 aliphatic rings. The third-order valence-corrected chi connectivity index (χ3v) is 10.7. The van der Waals surface area contributed by atoms with Gasteiger partial charge in [0.25, 0.3) is 0 Å². The number of aldehydes is 1. The van der Waals surface area contributed by atoms with Crippen molar-refractivity contribution >= 4 is 57.3 Å². The van der Waals surface area contributed by atoms with Crippen LogP contribution in [0.5, 0.6) is 5.75 Å². The fraction of sp³-hybridized carbons (Fsp3) is 0.316. The van der Waals surface area contributed by atoms with Crippen LogP contribution in [0.2, 0.25) is 5.02 Å². The Hall–Kier alpha value is -4.65. The zero-order valence-electron chi connectivity index (χ0n) is 28.8. The van der Waals surface area contributed by atoms with Gasteiger partial charge in [0, 0.05) is 62.4 Å². The third-order valence-electron chi connectivity index (χ3n) is 9.34. The number of thioether (sulfide) groups is 1. The lowest BCUT2D eigenvalue weighted by molar-refractivity contribution is 0.0587. The molecule has 0 saturated heterocycles. The highest BCUT2D eigenvalue weighted by molar-refractivity contribution is 7.98. The van der Waals surface area contributed by atoms with Crippen LogP contribution >= 0.6 is 23.4 Å². The molecule has 13 heteroatoms. The van der Waals surface area contributed by atoms with Crippen molar-refractivity contribution in [1.82, 2.24) is 24.1 Å². The van der Waals surface area contributed by atoms with Crippen molar-refractivity contribution in [1.29, 1.82) is 0 Å². The van der Waals surface area contributed by atoms with Crippen molar-refractivity contribution in [3.63, 3.8) is 0 Å². The van der Waals surface area contributed by atoms with Gasteiger partial charge in [0.05, 0.1) is 44.9 Å². The highest BCUT2D eigenvalue weighted by atomic mass is 35.5. The van der Waals surface area contributed by atoms with Crippen LogP contribution in [0.15, 0.2) is 53.4 Å². The zero-order valence-corrected chi connectivity index (χ0v) is 30.4. The summed E-state index contributed by atoms with van der Waals surface area (Å²) in [6.07, 6.45) is 2.00. The van der Waals surface area contributed by atoms with E-state index in [4.69, 9.17) is 30.9 Å². The van der Waals surface area contributed by atoms with E-state index in [2.05, 4.69) is 12.0 Å². The maximum Gasteiger partial charge on any atom is 0.354 e. The Kier molecular flexibility index (Phi) is 9.91. The zero-order chi connectivity index (χ0) is 35.8. The number of hydrogen-bond donors (Lipinski definition) is 0. The predicted octanol–water partition coefficient (Wildman–Crippen LogP) is 7.95. The van der Waals surface area contributed by atoms with Crippen LogP contribution in [-0.4, -0.2) is 56.7 Å². The molecule has 10 nitrogen and oxygen atoms in total. The van der Waals surface area contributed by atoms with Crippen LogP contribution in [0.25, 0.3) is 32.8 Å². The van der Waals surface area contributed by atoms with Crippen molar-refractivity contribution in [3.8, 4) is 16.9 Å². The summed E-state index contributed by atoms with van der Waals surface area (Å²) in [6.45, 7) is 6.50. The molecule has 0 spiro atoms. The van der Waals surface area contributed by atoms with Gasteiger partial charge in [-0.25, -0.2) is 9.18 Å². The number of benzene rings is 3. The van der Waals surface area contributed by atoms with Gasteiger partial charge in [0.2, 0.25) is 0 Å². The predicted molar refractivity (Wildman–Crippen MR) is 195 cm³/mol. The number of carbonyl (C=O) groups excluding carboxylic acids is 2. The number of rotatable bonds is 12. The van der Waals surface area contributed by atoms with Crippen LogP contribution in [0.4, 0.5) is 4.39 Å². The van der Waals surface area contributed by atoms with E-state index in [1.54, 1.807) is 35.6 Å². The second-order valence-electron chi connectivity index (χ2n) is 12.4. The molecule has 51 heavy (non-hydrogen) atoms. The summed E-state index contributed by atoms with van der Waals surface area (Å²) in [4.78, 5) is 25.4. The molecule has 7 rings (SSSR count). The third kappa shape index (κ3) is 6.52. The molecule has 6 aromatic rings. The molecule has 0 unspecified atom stereocenters. The first-order valence-corrected chi connectivity index (χ1v) is 18.1. The summed E-state index contributed by atoms with van der Waals surface area (Å²) in [5.74, 6) is 0.423. The van der Waals surface area contributed by atoms with Crippen molar-refractivity contribution in [3.05, 3.63) is 93.4 Å². The molecule has 1 aliphatic heterocycles. The number of hydrogen-bond acceptors (Lipinski definition) is 8. The molecule has 264 valence electrons. The minimum absolute atomic E-state index is 0.332. The Morgan fingerprint density at radius 3 is 2.75 bits per heavy atom. The topological polar surface area (TPSA) is 102 Å². The van der Waals surface area contributed by atoms with Crippen LogP contribution in [0.3, 0.4) is 0 Å². The smallest absolute Gasteiger partial charge is 0.354 e.